The average Bonchev–Trinajstić information content (AvgIpc) is 2.75. The maximum absolute atomic E-state index is 12.6. The van der Waals surface area contributed by atoms with E-state index in [1.54, 1.807) is 12.1 Å². The van der Waals surface area contributed by atoms with Crippen molar-refractivity contribution in [3.63, 3.8) is 0 Å². The van der Waals surface area contributed by atoms with Crippen molar-refractivity contribution in [1.29, 1.82) is 0 Å². The molecule has 0 aromatic heterocycles. The van der Waals surface area contributed by atoms with Gasteiger partial charge in [-0.15, -0.1) is 0 Å². The lowest BCUT2D eigenvalue weighted by Gasteiger charge is -2.35. The molecule has 1 saturated heterocycles. The monoisotopic (exact) mass is 431 g/mol. The number of piperazine rings is 1. The largest absolute Gasteiger partial charge is 0.467 e. The summed E-state index contributed by atoms with van der Waals surface area (Å²) in [5.41, 5.74) is 2.33. The smallest absolute Gasteiger partial charge is 0.270 e. The van der Waals surface area contributed by atoms with Crippen LogP contribution in [0.25, 0.3) is 0 Å². The standard InChI is InChI=1S/C21H22ClN3O5/c22-19-4-2-1-3-15(19)11-20(26)24-7-5-23(6-8-24)12-16-9-18(25(27)28)10-17-13-29-14-30-21(16)17/h1-4,9-10H,5-8,11-14H2. The van der Waals surface area contributed by atoms with E-state index in [1.807, 2.05) is 23.1 Å². The predicted octanol–water partition coefficient (Wildman–Crippen LogP) is 3.00. The van der Waals surface area contributed by atoms with Crippen molar-refractivity contribution in [3.8, 4) is 5.75 Å². The van der Waals surface area contributed by atoms with Gasteiger partial charge in [0.2, 0.25) is 5.91 Å². The van der Waals surface area contributed by atoms with Gasteiger partial charge >= 0.3 is 0 Å². The number of rotatable bonds is 5. The normalized spacial score (nSPS) is 16.6. The Balaban J connectivity index is 1.39. The molecule has 30 heavy (non-hydrogen) atoms. The van der Waals surface area contributed by atoms with Gasteiger partial charge in [-0.2, -0.15) is 0 Å². The number of carbonyl (C=O) groups is 1. The highest BCUT2D eigenvalue weighted by Crippen LogP contribution is 2.33. The zero-order valence-electron chi connectivity index (χ0n) is 16.4. The molecule has 158 valence electrons. The van der Waals surface area contributed by atoms with Gasteiger partial charge in [-0.3, -0.25) is 19.8 Å². The van der Waals surface area contributed by atoms with Crippen LogP contribution in [0.5, 0.6) is 5.75 Å². The van der Waals surface area contributed by atoms with Gasteiger partial charge in [0.1, 0.15) is 5.75 Å². The van der Waals surface area contributed by atoms with E-state index in [9.17, 15) is 14.9 Å². The molecule has 9 heteroatoms. The van der Waals surface area contributed by atoms with Crippen molar-refractivity contribution in [1.82, 2.24) is 9.80 Å². The van der Waals surface area contributed by atoms with Gasteiger partial charge in [-0.05, 0) is 11.6 Å². The van der Waals surface area contributed by atoms with Crippen LogP contribution in [0.3, 0.4) is 0 Å². The summed E-state index contributed by atoms with van der Waals surface area (Å²) in [5, 5.41) is 11.9. The van der Waals surface area contributed by atoms with Crippen molar-refractivity contribution in [2.45, 2.75) is 19.6 Å². The molecular formula is C21H22ClN3O5. The van der Waals surface area contributed by atoms with Gasteiger partial charge in [0.25, 0.3) is 5.69 Å². The second kappa shape index (κ2) is 8.99. The summed E-state index contributed by atoms with van der Waals surface area (Å²) in [6.45, 7) is 3.53. The lowest BCUT2D eigenvalue weighted by atomic mass is 10.1. The number of benzene rings is 2. The molecule has 4 rings (SSSR count). The van der Waals surface area contributed by atoms with Gasteiger partial charge in [-0.1, -0.05) is 29.8 Å². The highest BCUT2D eigenvalue weighted by molar-refractivity contribution is 6.31. The molecule has 2 heterocycles. The average molecular weight is 432 g/mol. The Morgan fingerprint density at radius 1 is 1.13 bits per heavy atom. The first-order chi connectivity index (χ1) is 14.5. The van der Waals surface area contributed by atoms with Gasteiger partial charge in [0, 0.05) is 61.0 Å². The third-order valence-corrected chi connectivity index (χ3v) is 5.77. The van der Waals surface area contributed by atoms with Gasteiger partial charge in [0.15, 0.2) is 6.79 Å². The number of non-ortho nitro benzene ring substituents is 1. The number of carbonyl (C=O) groups excluding carboxylic acids is 1. The lowest BCUT2D eigenvalue weighted by molar-refractivity contribution is -0.385. The summed E-state index contributed by atoms with van der Waals surface area (Å²) in [7, 11) is 0. The fourth-order valence-corrected chi connectivity index (χ4v) is 4.02. The van der Waals surface area contributed by atoms with Crippen LogP contribution in [-0.2, 0) is 29.1 Å². The first-order valence-electron chi connectivity index (χ1n) is 9.75. The molecule has 0 atom stereocenters. The minimum absolute atomic E-state index is 0.0337. The van der Waals surface area contributed by atoms with Crippen LogP contribution in [0.15, 0.2) is 36.4 Å². The molecule has 0 aliphatic carbocycles. The highest BCUT2D eigenvalue weighted by Gasteiger charge is 2.25. The third-order valence-electron chi connectivity index (χ3n) is 5.40. The highest BCUT2D eigenvalue weighted by atomic mass is 35.5. The van der Waals surface area contributed by atoms with E-state index in [4.69, 9.17) is 21.1 Å². The van der Waals surface area contributed by atoms with E-state index in [-0.39, 0.29) is 24.8 Å². The number of halogens is 1. The summed E-state index contributed by atoms with van der Waals surface area (Å²) >= 11 is 6.17. The van der Waals surface area contributed by atoms with Crippen LogP contribution in [0.4, 0.5) is 5.69 Å². The Morgan fingerprint density at radius 2 is 1.90 bits per heavy atom. The van der Waals surface area contributed by atoms with Crippen molar-refractivity contribution in [3.05, 3.63) is 68.2 Å². The van der Waals surface area contributed by atoms with Crippen LogP contribution >= 0.6 is 11.6 Å². The number of amides is 1. The maximum atomic E-state index is 12.6. The van der Waals surface area contributed by atoms with Crippen LogP contribution in [0.2, 0.25) is 5.02 Å². The fraction of sp³-hybridized carbons (Fsp3) is 0.381. The zero-order valence-corrected chi connectivity index (χ0v) is 17.1. The number of nitrogens with zero attached hydrogens (tertiary/aromatic N) is 3. The molecule has 1 amide bonds. The molecule has 0 unspecified atom stereocenters. The minimum atomic E-state index is -0.399. The number of hydrogen-bond acceptors (Lipinski definition) is 6. The Morgan fingerprint density at radius 3 is 2.63 bits per heavy atom. The van der Waals surface area contributed by atoms with Crippen LogP contribution in [0, 0.1) is 10.1 Å². The Bertz CT molecular complexity index is 960. The lowest BCUT2D eigenvalue weighted by Crippen LogP contribution is -2.48. The Hall–Kier alpha value is -2.68. The summed E-state index contributed by atoms with van der Waals surface area (Å²) < 4.78 is 10.9. The van der Waals surface area contributed by atoms with Crippen molar-refractivity contribution >= 4 is 23.2 Å². The maximum Gasteiger partial charge on any atom is 0.270 e. The third kappa shape index (κ3) is 4.56. The van der Waals surface area contributed by atoms with Crippen LogP contribution in [0.1, 0.15) is 16.7 Å². The molecule has 2 aliphatic heterocycles. The number of ether oxygens (including phenoxy) is 2. The van der Waals surface area contributed by atoms with E-state index < -0.39 is 4.92 Å². The molecule has 0 N–H and O–H groups in total. The molecule has 0 saturated carbocycles. The first kappa shape index (κ1) is 20.6. The number of hydrogen-bond donors (Lipinski definition) is 0. The number of fused-ring (bicyclic) bond motifs is 1. The van der Waals surface area contributed by atoms with E-state index in [0.717, 1.165) is 11.1 Å². The van der Waals surface area contributed by atoms with Gasteiger partial charge in [0.05, 0.1) is 18.0 Å². The SMILES string of the molecule is O=C(Cc1ccccc1Cl)N1CCN(Cc2cc([N+](=O)[O-])cc3c2OCOC3)CC1. The molecule has 2 aromatic rings. The second-order valence-corrected chi connectivity index (χ2v) is 7.79. The van der Waals surface area contributed by atoms with E-state index in [0.29, 0.717) is 55.7 Å². The molecule has 1 fully saturated rings. The summed E-state index contributed by atoms with van der Waals surface area (Å²) in [4.78, 5) is 27.5. The molecule has 2 aromatic carbocycles. The molecule has 8 nitrogen and oxygen atoms in total. The van der Waals surface area contributed by atoms with Gasteiger partial charge in [-0.25, -0.2) is 0 Å². The summed E-state index contributed by atoms with van der Waals surface area (Å²) in [6, 6.07) is 10.4. The number of nitro benzene ring substituents is 1. The van der Waals surface area contributed by atoms with Crippen molar-refractivity contribution < 1.29 is 19.2 Å². The molecule has 0 spiro atoms. The van der Waals surface area contributed by atoms with Crippen molar-refractivity contribution in [2.75, 3.05) is 33.0 Å². The molecular weight excluding hydrogens is 410 g/mol. The quantitative estimate of drug-likeness (QED) is 0.534. The second-order valence-electron chi connectivity index (χ2n) is 7.39. The number of nitro groups is 1. The van der Waals surface area contributed by atoms with E-state index in [1.165, 1.54) is 6.07 Å². The molecule has 0 radical (unpaired) electrons. The zero-order chi connectivity index (χ0) is 21.1. The molecule has 0 bridgehead atoms. The van der Waals surface area contributed by atoms with E-state index in [2.05, 4.69) is 4.90 Å². The predicted molar refractivity (Wildman–Crippen MR) is 110 cm³/mol. The van der Waals surface area contributed by atoms with Crippen molar-refractivity contribution in [2.24, 2.45) is 0 Å². The summed E-state index contributed by atoms with van der Waals surface area (Å²) in [6.07, 6.45) is 0.284. The van der Waals surface area contributed by atoms with E-state index >= 15 is 0 Å². The van der Waals surface area contributed by atoms with Gasteiger partial charge < -0.3 is 14.4 Å². The van der Waals surface area contributed by atoms with Crippen LogP contribution in [-0.4, -0.2) is 53.6 Å². The topological polar surface area (TPSA) is 85.2 Å². The molecule has 2 aliphatic rings. The fourth-order valence-electron chi connectivity index (χ4n) is 3.82. The summed E-state index contributed by atoms with van der Waals surface area (Å²) in [5.74, 6) is 0.722. The van der Waals surface area contributed by atoms with Crippen LogP contribution < -0.4 is 4.74 Å². The first-order valence-corrected chi connectivity index (χ1v) is 10.1. The minimum Gasteiger partial charge on any atom is -0.467 e. The Labute approximate surface area is 179 Å². The Kier molecular flexibility index (Phi) is 6.17.